The summed E-state index contributed by atoms with van der Waals surface area (Å²) in [6.45, 7) is 15.8. The Labute approximate surface area is 250 Å². The number of hydrogen-bond acceptors (Lipinski definition) is 1. The first-order valence-electron chi connectivity index (χ1n) is 18.8. The second-order valence-electron chi connectivity index (χ2n) is 14.0. The van der Waals surface area contributed by atoms with Crippen molar-refractivity contribution in [1.82, 2.24) is 4.90 Å². The lowest BCUT2D eigenvalue weighted by Gasteiger charge is -2.22. The van der Waals surface area contributed by atoms with Crippen molar-refractivity contribution in [3.8, 4) is 0 Å². The highest BCUT2D eigenvalue weighted by molar-refractivity contribution is 4.61. The van der Waals surface area contributed by atoms with E-state index in [9.17, 15) is 0 Å². The van der Waals surface area contributed by atoms with Gasteiger partial charge in [0.25, 0.3) is 0 Å². The first kappa shape index (κ1) is 39.0. The predicted octanol–water partition coefficient (Wildman–Crippen LogP) is 13.5. The van der Waals surface area contributed by atoms with Gasteiger partial charge in [0, 0.05) is 0 Å². The molecule has 1 nitrogen and oxygen atoms in total. The molecule has 236 valence electrons. The molecule has 0 aromatic rings. The average molecular weight is 550 g/mol. The van der Waals surface area contributed by atoms with Gasteiger partial charge in [0.15, 0.2) is 0 Å². The Kier molecular flexibility index (Phi) is 32.4. The van der Waals surface area contributed by atoms with Crippen LogP contribution in [0.15, 0.2) is 0 Å². The van der Waals surface area contributed by atoms with Crippen LogP contribution >= 0.6 is 0 Å². The van der Waals surface area contributed by atoms with E-state index >= 15 is 0 Å². The van der Waals surface area contributed by atoms with Crippen molar-refractivity contribution in [2.75, 3.05) is 19.6 Å². The molecule has 0 aliphatic heterocycles. The first-order valence-corrected chi connectivity index (χ1v) is 18.8. The smallest absolute Gasteiger partial charge is 0.00187 e. The van der Waals surface area contributed by atoms with Crippen LogP contribution in [0.2, 0.25) is 0 Å². The molecule has 0 aromatic carbocycles. The third kappa shape index (κ3) is 34.1. The molecule has 0 amide bonds. The van der Waals surface area contributed by atoms with Crippen LogP contribution in [0.5, 0.6) is 0 Å². The zero-order chi connectivity index (χ0) is 28.7. The van der Waals surface area contributed by atoms with Crippen LogP contribution in [-0.4, -0.2) is 24.5 Å². The summed E-state index contributed by atoms with van der Waals surface area (Å²) in [7, 11) is 0. The summed E-state index contributed by atoms with van der Waals surface area (Å²) in [6.07, 6.45) is 40.7. The number of rotatable bonds is 33. The maximum absolute atomic E-state index is 2.85. The topological polar surface area (TPSA) is 3.24 Å². The van der Waals surface area contributed by atoms with Crippen LogP contribution in [-0.2, 0) is 0 Å². The number of unbranched alkanes of at least 4 members (excludes halogenated alkanes) is 23. The van der Waals surface area contributed by atoms with Gasteiger partial charge >= 0.3 is 0 Å². The highest BCUT2D eigenvalue weighted by Crippen LogP contribution is 2.16. The second-order valence-corrected chi connectivity index (χ2v) is 14.0. The maximum atomic E-state index is 2.85. The van der Waals surface area contributed by atoms with Crippen molar-refractivity contribution in [3.05, 3.63) is 0 Å². The first-order chi connectivity index (χ1) is 19.1. The molecule has 0 saturated carbocycles. The Morgan fingerprint density at radius 1 is 0.308 bits per heavy atom. The van der Waals surface area contributed by atoms with Gasteiger partial charge in [-0.25, -0.2) is 0 Å². The summed E-state index contributed by atoms with van der Waals surface area (Å²) >= 11 is 0. The van der Waals surface area contributed by atoms with Crippen molar-refractivity contribution >= 4 is 0 Å². The lowest BCUT2D eigenvalue weighted by molar-refractivity contribution is 0.254. The fraction of sp³-hybridized carbons (Fsp3) is 1.00. The van der Waals surface area contributed by atoms with Gasteiger partial charge in [-0.2, -0.15) is 0 Å². The molecule has 0 aliphatic rings. The van der Waals surface area contributed by atoms with Gasteiger partial charge in [-0.05, 0) is 50.7 Å². The third-order valence-electron chi connectivity index (χ3n) is 8.84. The van der Waals surface area contributed by atoms with E-state index in [-0.39, 0.29) is 0 Å². The molecule has 0 fully saturated rings. The summed E-state index contributed by atoms with van der Waals surface area (Å²) in [5.74, 6) is 1.77. The van der Waals surface area contributed by atoms with Crippen LogP contribution in [0.1, 0.15) is 214 Å². The Morgan fingerprint density at radius 3 is 0.795 bits per heavy atom. The Hall–Kier alpha value is -0.0400. The minimum atomic E-state index is 0.887. The van der Waals surface area contributed by atoms with Crippen LogP contribution in [0.3, 0.4) is 0 Å². The lowest BCUT2D eigenvalue weighted by atomic mass is 10.0. The van der Waals surface area contributed by atoms with Crippen LogP contribution < -0.4 is 0 Å². The molecule has 0 spiro atoms. The summed E-state index contributed by atoms with van der Waals surface area (Å²) in [4.78, 5) is 2.85. The number of hydrogen-bond donors (Lipinski definition) is 0. The molecule has 0 unspecified atom stereocenters. The quantitative estimate of drug-likeness (QED) is 0.0736. The molecule has 0 N–H and O–H groups in total. The van der Waals surface area contributed by atoms with Crippen LogP contribution in [0.4, 0.5) is 0 Å². The van der Waals surface area contributed by atoms with Crippen LogP contribution in [0, 0.1) is 11.8 Å². The molecule has 0 heterocycles. The van der Waals surface area contributed by atoms with E-state index in [1.807, 2.05) is 0 Å². The molecule has 1 heteroatoms. The molecular formula is C38H79N. The Bertz CT molecular complexity index is 400. The summed E-state index contributed by atoms with van der Waals surface area (Å²) in [6, 6.07) is 0. The van der Waals surface area contributed by atoms with Crippen molar-refractivity contribution in [2.24, 2.45) is 11.8 Å². The van der Waals surface area contributed by atoms with Gasteiger partial charge in [0.2, 0.25) is 0 Å². The lowest BCUT2D eigenvalue weighted by Crippen LogP contribution is -2.27. The number of nitrogens with zero attached hydrogens (tertiary/aromatic N) is 1. The summed E-state index contributed by atoms with van der Waals surface area (Å²) in [5.41, 5.74) is 0. The van der Waals surface area contributed by atoms with Gasteiger partial charge in [-0.15, -0.1) is 0 Å². The summed E-state index contributed by atoms with van der Waals surface area (Å²) in [5, 5.41) is 0. The zero-order valence-electron chi connectivity index (χ0n) is 28.5. The van der Waals surface area contributed by atoms with Crippen molar-refractivity contribution in [2.45, 2.75) is 214 Å². The van der Waals surface area contributed by atoms with E-state index in [4.69, 9.17) is 0 Å². The minimum absolute atomic E-state index is 0.887. The molecule has 0 atom stereocenters. The van der Waals surface area contributed by atoms with E-state index in [1.165, 1.54) is 199 Å². The van der Waals surface area contributed by atoms with Gasteiger partial charge in [0.05, 0.1) is 0 Å². The molecule has 0 aliphatic carbocycles. The van der Waals surface area contributed by atoms with Crippen molar-refractivity contribution < 1.29 is 0 Å². The third-order valence-corrected chi connectivity index (χ3v) is 8.84. The van der Waals surface area contributed by atoms with E-state index in [2.05, 4.69) is 39.5 Å². The molecule has 0 aromatic heterocycles. The standard InChI is InChI=1S/C38H79N/c1-6-7-8-9-10-11-14-19-24-29-34-39(35-30-25-20-15-12-17-22-27-32-37(2)3)36-31-26-21-16-13-18-23-28-33-38(4)5/h37-38H,6-36H2,1-5H3. The van der Waals surface area contributed by atoms with E-state index in [0.29, 0.717) is 0 Å². The van der Waals surface area contributed by atoms with Gasteiger partial charge < -0.3 is 4.90 Å². The normalized spacial score (nSPS) is 12.0. The van der Waals surface area contributed by atoms with Crippen LogP contribution in [0.25, 0.3) is 0 Å². The molecular weight excluding hydrogens is 470 g/mol. The Balaban J connectivity index is 3.91. The molecule has 0 rings (SSSR count). The summed E-state index contributed by atoms with van der Waals surface area (Å²) < 4.78 is 0. The monoisotopic (exact) mass is 550 g/mol. The van der Waals surface area contributed by atoms with Gasteiger partial charge in [-0.1, -0.05) is 195 Å². The molecule has 0 saturated heterocycles. The fourth-order valence-electron chi connectivity index (χ4n) is 6.06. The second kappa shape index (κ2) is 32.5. The predicted molar refractivity (Wildman–Crippen MR) is 181 cm³/mol. The molecule has 39 heavy (non-hydrogen) atoms. The minimum Gasteiger partial charge on any atom is -0.303 e. The van der Waals surface area contributed by atoms with Gasteiger partial charge in [-0.3, -0.25) is 0 Å². The maximum Gasteiger partial charge on any atom is -0.00187 e. The van der Waals surface area contributed by atoms with Crippen molar-refractivity contribution in [1.29, 1.82) is 0 Å². The van der Waals surface area contributed by atoms with Gasteiger partial charge in [0.1, 0.15) is 0 Å². The van der Waals surface area contributed by atoms with E-state index in [0.717, 1.165) is 11.8 Å². The average Bonchev–Trinajstić information content (AvgIpc) is 2.90. The zero-order valence-corrected chi connectivity index (χ0v) is 28.5. The Morgan fingerprint density at radius 2 is 0.538 bits per heavy atom. The fourth-order valence-corrected chi connectivity index (χ4v) is 6.06. The van der Waals surface area contributed by atoms with E-state index < -0.39 is 0 Å². The van der Waals surface area contributed by atoms with Crippen molar-refractivity contribution in [3.63, 3.8) is 0 Å². The molecule has 0 bridgehead atoms. The molecule has 0 radical (unpaired) electrons. The largest absolute Gasteiger partial charge is 0.303 e. The highest BCUT2D eigenvalue weighted by atomic mass is 15.1. The van der Waals surface area contributed by atoms with E-state index in [1.54, 1.807) is 0 Å². The SMILES string of the molecule is CCCCCCCCCCCCN(CCCCCCCCCCC(C)C)CCCCCCCCCCC(C)C. The highest BCUT2D eigenvalue weighted by Gasteiger charge is 2.05.